The van der Waals surface area contributed by atoms with Crippen LogP contribution in [-0.4, -0.2) is 29.2 Å². The standard InChI is InChI=1S/C15H20N2O3/c18-14(19)13(10-9-11-5-2-1-3-6-11)17-15(20)16-12-7-4-8-12/h1-3,5-6,12-13H,4,7-10H2,(H,18,19)(H2,16,17,20)/t13-/m0/s1. The van der Waals surface area contributed by atoms with Crippen molar-refractivity contribution in [3.05, 3.63) is 35.9 Å². The molecule has 1 aliphatic carbocycles. The highest BCUT2D eigenvalue weighted by Crippen LogP contribution is 2.17. The predicted octanol–water partition coefficient (Wildman–Crippen LogP) is 1.92. The van der Waals surface area contributed by atoms with Crippen molar-refractivity contribution in [2.75, 3.05) is 0 Å². The fourth-order valence-corrected chi connectivity index (χ4v) is 2.15. The highest BCUT2D eigenvalue weighted by molar-refractivity contribution is 5.82. The first-order valence-electron chi connectivity index (χ1n) is 6.99. The summed E-state index contributed by atoms with van der Waals surface area (Å²) in [6, 6.07) is 8.64. The van der Waals surface area contributed by atoms with Crippen molar-refractivity contribution in [1.82, 2.24) is 10.6 Å². The molecule has 0 unspecified atom stereocenters. The zero-order valence-corrected chi connectivity index (χ0v) is 11.3. The van der Waals surface area contributed by atoms with Crippen LogP contribution in [0.5, 0.6) is 0 Å². The molecule has 1 aliphatic rings. The summed E-state index contributed by atoms with van der Waals surface area (Å²) in [5.41, 5.74) is 1.07. The number of hydrogen-bond acceptors (Lipinski definition) is 2. The first-order valence-corrected chi connectivity index (χ1v) is 6.99. The fraction of sp³-hybridized carbons (Fsp3) is 0.467. The van der Waals surface area contributed by atoms with Crippen LogP contribution < -0.4 is 10.6 Å². The summed E-state index contributed by atoms with van der Waals surface area (Å²) in [6.07, 6.45) is 4.10. The van der Waals surface area contributed by atoms with E-state index in [1.54, 1.807) is 0 Å². The normalized spacial score (nSPS) is 16.0. The maximum atomic E-state index is 11.7. The average Bonchev–Trinajstić information content (AvgIpc) is 2.39. The number of amides is 2. The lowest BCUT2D eigenvalue weighted by Crippen LogP contribution is -2.50. The van der Waals surface area contributed by atoms with Gasteiger partial charge in [0.05, 0.1) is 0 Å². The van der Waals surface area contributed by atoms with Gasteiger partial charge in [-0.05, 0) is 37.7 Å². The summed E-state index contributed by atoms with van der Waals surface area (Å²) in [7, 11) is 0. The minimum Gasteiger partial charge on any atom is -0.480 e. The van der Waals surface area contributed by atoms with Crippen LogP contribution in [-0.2, 0) is 11.2 Å². The SMILES string of the molecule is O=C(NC1CCC1)N[C@@H](CCc1ccccc1)C(=O)O. The molecule has 0 saturated heterocycles. The predicted molar refractivity (Wildman–Crippen MR) is 75.5 cm³/mol. The first kappa shape index (κ1) is 14.4. The Bertz CT molecular complexity index is 457. The molecular formula is C15H20N2O3. The molecule has 1 fully saturated rings. The van der Waals surface area contributed by atoms with E-state index in [-0.39, 0.29) is 12.1 Å². The smallest absolute Gasteiger partial charge is 0.326 e. The van der Waals surface area contributed by atoms with Crippen molar-refractivity contribution < 1.29 is 14.7 Å². The first-order chi connectivity index (χ1) is 9.65. The lowest BCUT2D eigenvalue weighted by Gasteiger charge is -2.27. The van der Waals surface area contributed by atoms with Crippen LogP contribution in [0.1, 0.15) is 31.2 Å². The van der Waals surface area contributed by atoms with Crippen LogP contribution in [0, 0.1) is 0 Å². The Kier molecular flexibility index (Phi) is 4.98. The van der Waals surface area contributed by atoms with Crippen LogP contribution in [0.2, 0.25) is 0 Å². The number of nitrogens with one attached hydrogen (secondary N) is 2. The third kappa shape index (κ3) is 4.26. The van der Waals surface area contributed by atoms with Gasteiger partial charge in [0.15, 0.2) is 0 Å². The third-order valence-corrected chi connectivity index (χ3v) is 3.61. The Morgan fingerprint density at radius 3 is 2.50 bits per heavy atom. The summed E-state index contributed by atoms with van der Waals surface area (Å²) in [5.74, 6) is -0.996. The number of carbonyl (C=O) groups excluding carboxylic acids is 1. The molecule has 20 heavy (non-hydrogen) atoms. The number of aliphatic carboxylic acids is 1. The molecule has 1 saturated carbocycles. The summed E-state index contributed by atoms with van der Waals surface area (Å²) in [6.45, 7) is 0. The molecule has 0 aromatic heterocycles. The Labute approximate surface area is 118 Å². The van der Waals surface area contributed by atoms with E-state index in [1.165, 1.54) is 0 Å². The number of carboxylic acids is 1. The Balaban J connectivity index is 1.80. The number of urea groups is 1. The molecule has 0 heterocycles. The highest BCUT2D eigenvalue weighted by atomic mass is 16.4. The molecule has 0 aliphatic heterocycles. The summed E-state index contributed by atoms with van der Waals surface area (Å²) in [4.78, 5) is 22.9. The molecule has 3 N–H and O–H groups in total. The van der Waals surface area contributed by atoms with Crippen LogP contribution in [0.3, 0.4) is 0 Å². The molecule has 0 bridgehead atoms. The zero-order chi connectivity index (χ0) is 14.4. The summed E-state index contributed by atoms with van der Waals surface area (Å²) in [5, 5.41) is 14.5. The molecule has 108 valence electrons. The van der Waals surface area contributed by atoms with Crippen molar-refractivity contribution in [2.45, 2.75) is 44.2 Å². The van der Waals surface area contributed by atoms with Crippen molar-refractivity contribution in [2.24, 2.45) is 0 Å². The molecule has 2 amide bonds. The van der Waals surface area contributed by atoms with Crippen LogP contribution in [0.15, 0.2) is 30.3 Å². The molecule has 1 aromatic carbocycles. The number of carbonyl (C=O) groups is 2. The van der Waals surface area contributed by atoms with Gasteiger partial charge in [-0.25, -0.2) is 9.59 Å². The van der Waals surface area contributed by atoms with Crippen LogP contribution >= 0.6 is 0 Å². The minimum atomic E-state index is -0.996. The number of carboxylic acid groups (broad SMARTS) is 1. The number of benzene rings is 1. The Hall–Kier alpha value is -2.04. The third-order valence-electron chi connectivity index (χ3n) is 3.61. The quantitative estimate of drug-likeness (QED) is 0.742. The molecule has 1 aromatic rings. The van der Waals surface area contributed by atoms with E-state index in [4.69, 9.17) is 5.11 Å². The van der Waals surface area contributed by atoms with E-state index in [9.17, 15) is 9.59 Å². The van der Waals surface area contributed by atoms with E-state index in [0.717, 1.165) is 24.8 Å². The molecular weight excluding hydrogens is 256 g/mol. The van der Waals surface area contributed by atoms with Gasteiger partial charge >= 0.3 is 12.0 Å². The maximum absolute atomic E-state index is 11.7. The molecule has 5 heteroatoms. The van der Waals surface area contributed by atoms with E-state index < -0.39 is 12.0 Å². The second kappa shape index (κ2) is 6.93. The monoisotopic (exact) mass is 276 g/mol. The summed E-state index contributed by atoms with van der Waals surface area (Å²) < 4.78 is 0. The molecule has 5 nitrogen and oxygen atoms in total. The zero-order valence-electron chi connectivity index (χ0n) is 11.3. The van der Waals surface area contributed by atoms with Gasteiger partial charge in [0.25, 0.3) is 0 Å². The minimum absolute atomic E-state index is 0.207. The topological polar surface area (TPSA) is 78.4 Å². The summed E-state index contributed by atoms with van der Waals surface area (Å²) >= 11 is 0. The second-order valence-corrected chi connectivity index (χ2v) is 5.16. The lowest BCUT2D eigenvalue weighted by atomic mass is 9.93. The molecule has 1 atom stereocenters. The van der Waals surface area contributed by atoms with Gasteiger partial charge in [-0.15, -0.1) is 0 Å². The Morgan fingerprint density at radius 1 is 1.25 bits per heavy atom. The molecule has 2 rings (SSSR count). The number of rotatable bonds is 6. The van der Waals surface area contributed by atoms with Crippen molar-refractivity contribution in [3.63, 3.8) is 0 Å². The lowest BCUT2D eigenvalue weighted by molar-refractivity contribution is -0.139. The largest absolute Gasteiger partial charge is 0.480 e. The molecule has 0 radical (unpaired) electrons. The second-order valence-electron chi connectivity index (χ2n) is 5.16. The van der Waals surface area contributed by atoms with E-state index in [1.807, 2.05) is 30.3 Å². The van der Waals surface area contributed by atoms with E-state index in [2.05, 4.69) is 10.6 Å². The number of aryl methyl sites for hydroxylation is 1. The van der Waals surface area contributed by atoms with Gasteiger partial charge < -0.3 is 15.7 Å². The van der Waals surface area contributed by atoms with Gasteiger partial charge in [-0.3, -0.25) is 0 Å². The van der Waals surface area contributed by atoms with Gasteiger partial charge in [0.1, 0.15) is 6.04 Å². The number of hydrogen-bond donors (Lipinski definition) is 3. The van der Waals surface area contributed by atoms with Crippen molar-refractivity contribution in [3.8, 4) is 0 Å². The van der Waals surface area contributed by atoms with E-state index >= 15 is 0 Å². The molecule has 0 spiro atoms. The fourth-order valence-electron chi connectivity index (χ4n) is 2.15. The van der Waals surface area contributed by atoms with Crippen molar-refractivity contribution >= 4 is 12.0 Å². The van der Waals surface area contributed by atoms with E-state index in [0.29, 0.717) is 12.8 Å². The van der Waals surface area contributed by atoms with Gasteiger partial charge in [0, 0.05) is 6.04 Å². The average molecular weight is 276 g/mol. The van der Waals surface area contributed by atoms with Crippen LogP contribution in [0.25, 0.3) is 0 Å². The maximum Gasteiger partial charge on any atom is 0.326 e. The van der Waals surface area contributed by atoms with Gasteiger partial charge in [-0.1, -0.05) is 30.3 Å². The van der Waals surface area contributed by atoms with Crippen molar-refractivity contribution in [1.29, 1.82) is 0 Å². The van der Waals surface area contributed by atoms with Gasteiger partial charge in [0.2, 0.25) is 0 Å². The Morgan fingerprint density at radius 2 is 1.95 bits per heavy atom. The van der Waals surface area contributed by atoms with Crippen LogP contribution in [0.4, 0.5) is 4.79 Å². The highest BCUT2D eigenvalue weighted by Gasteiger charge is 2.23. The van der Waals surface area contributed by atoms with Gasteiger partial charge in [-0.2, -0.15) is 0 Å².